The van der Waals surface area contributed by atoms with Gasteiger partial charge in [-0.15, -0.1) is 0 Å². The van der Waals surface area contributed by atoms with E-state index in [-0.39, 0.29) is 21.5 Å². The Bertz CT molecular complexity index is 647. The summed E-state index contributed by atoms with van der Waals surface area (Å²) < 4.78 is 41.8. The van der Waals surface area contributed by atoms with Crippen molar-refractivity contribution in [1.82, 2.24) is 0 Å². The fourth-order valence-electron chi connectivity index (χ4n) is 1.56. The minimum absolute atomic E-state index is 0.0452. The van der Waals surface area contributed by atoms with Gasteiger partial charge in [0, 0.05) is 11.3 Å². The maximum absolute atomic E-state index is 13.3. The van der Waals surface area contributed by atoms with Crippen LogP contribution in [-0.4, -0.2) is 12.5 Å². The first-order valence-corrected chi connectivity index (χ1v) is 6.56. The van der Waals surface area contributed by atoms with Crippen LogP contribution in [0.5, 0.6) is 5.75 Å². The topological polar surface area (TPSA) is 38.3 Å². The molecule has 0 aromatic heterocycles. The second-order valence-electron chi connectivity index (χ2n) is 3.99. The summed E-state index contributed by atoms with van der Waals surface area (Å²) in [5, 5.41) is 2.50. The fraction of sp³-hybridized carbons (Fsp3) is 0.0714. The summed E-state index contributed by atoms with van der Waals surface area (Å²) in [6.07, 6.45) is 0. The van der Waals surface area contributed by atoms with E-state index >= 15 is 0 Å². The molecule has 1 amide bonds. The first kappa shape index (κ1) is 15.4. The van der Waals surface area contributed by atoms with Crippen molar-refractivity contribution in [2.45, 2.75) is 6.61 Å². The zero-order chi connectivity index (χ0) is 15.4. The van der Waals surface area contributed by atoms with Gasteiger partial charge in [-0.2, -0.15) is 8.78 Å². The first-order chi connectivity index (χ1) is 9.95. The Morgan fingerprint density at radius 2 is 1.81 bits per heavy atom. The second kappa shape index (κ2) is 6.62. The summed E-state index contributed by atoms with van der Waals surface area (Å²) in [4.78, 5) is 11.9. The van der Waals surface area contributed by atoms with Gasteiger partial charge in [-0.1, -0.05) is 0 Å². The molecule has 0 saturated heterocycles. The van der Waals surface area contributed by atoms with Gasteiger partial charge in [0.05, 0.1) is 4.47 Å². The molecule has 0 radical (unpaired) electrons. The van der Waals surface area contributed by atoms with Gasteiger partial charge in [0.15, 0.2) is 0 Å². The number of halogens is 4. The second-order valence-corrected chi connectivity index (χ2v) is 4.84. The van der Waals surface area contributed by atoms with E-state index in [9.17, 15) is 18.0 Å². The fourth-order valence-corrected chi connectivity index (χ4v) is 1.81. The van der Waals surface area contributed by atoms with Gasteiger partial charge < -0.3 is 10.1 Å². The molecule has 0 unspecified atom stereocenters. The van der Waals surface area contributed by atoms with Crippen molar-refractivity contribution < 1.29 is 22.7 Å². The smallest absolute Gasteiger partial charge is 0.387 e. The van der Waals surface area contributed by atoms with E-state index < -0.39 is 18.3 Å². The number of carbonyl (C=O) groups excluding carboxylic acids is 1. The first-order valence-electron chi connectivity index (χ1n) is 5.77. The van der Waals surface area contributed by atoms with E-state index in [1.54, 1.807) is 0 Å². The molecule has 3 nitrogen and oxygen atoms in total. The van der Waals surface area contributed by atoms with Crippen molar-refractivity contribution in [2.75, 3.05) is 5.32 Å². The standard InChI is InChI=1S/C14H9BrF3NO2/c15-11-6-3-9(7-12(11)16)19-13(20)8-1-4-10(5-2-8)21-14(17)18/h1-7,14H,(H,19,20). The van der Waals surface area contributed by atoms with Gasteiger partial charge >= 0.3 is 6.61 Å². The van der Waals surface area contributed by atoms with E-state index in [1.807, 2.05) is 0 Å². The molecule has 2 aromatic rings. The Morgan fingerprint density at radius 3 is 2.38 bits per heavy atom. The molecule has 0 bridgehead atoms. The summed E-state index contributed by atoms with van der Waals surface area (Å²) in [6, 6.07) is 9.33. The average molecular weight is 360 g/mol. The number of anilines is 1. The molecule has 0 heterocycles. The largest absolute Gasteiger partial charge is 0.435 e. The van der Waals surface area contributed by atoms with Crippen LogP contribution in [0.2, 0.25) is 0 Å². The Labute approximate surface area is 126 Å². The van der Waals surface area contributed by atoms with E-state index in [0.717, 1.165) is 6.07 Å². The van der Waals surface area contributed by atoms with Crippen LogP contribution in [-0.2, 0) is 0 Å². The number of benzene rings is 2. The summed E-state index contributed by atoms with van der Waals surface area (Å²) in [5.41, 5.74) is 0.522. The van der Waals surface area contributed by atoms with Crippen LogP contribution in [0.1, 0.15) is 10.4 Å². The number of hydrogen-bond donors (Lipinski definition) is 1. The predicted octanol–water partition coefficient (Wildman–Crippen LogP) is 4.44. The number of amides is 1. The number of hydrogen-bond acceptors (Lipinski definition) is 2. The molecule has 0 atom stereocenters. The molecule has 7 heteroatoms. The lowest BCUT2D eigenvalue weighted by molar-refractivity contribution is -0.0498. The quantitative estimate of drug-likeness (QED) is 0.876. The minimum Gasteiger partial charge on any atom is -0.435 e. The van der Waals surface area contributed by atoms with Crippen LogP contribution in [0.15, 0.2) is 46.9 Å². The number of ether oxygens (including phenoxy) is 1. The van der Waals surface area contributed by atoms with E-state index in [1.165, 1.54) is 36.4 Å². The molecule has 2 rings (SSSR count). The van der Waals surface area contributed by atoms with Crippen molar-refractivity contribution in [2.24, 2.45) is 0 Å². The van der Waals surface area contributed by atoms with Gasteiger partial charge in [0.1, 0.15) is 11.6 Å². The highest BCUT2D eigenvalue weighted by molar-refractivity contribution is 9.10. The van der Waals surface area contributed by atoms with Gasteiger partial charge in [-0.05, 0) is 58.4 Å². The highest BCUT2D eigenvalue weighted by atomic mass is 79.9. The van der Waals surface area contributed by atoms with Crippen molar-refractivity contribution in [1.29, 1.82) is 0 Å². The molecule has 2 aromatic carbocycles. The molecule has 110 valence electrons. The van der Waals surface area contributed by atoms with Crippen LogP contribution in [0.25, 0.3) is 0 Å². The van der Waals surface area contributed by atoms with Crippen LogP contribution in [0, 0.1) is 5.82 Å². The number of alkyl halides is 2. The molecular formula is C14H9BrF3NO2. The lowest BCUT2D eigenvalue weighted by Gasteiger charge is -2.07. The lowest BCUT2D eigenvalue weighted by atomic mass is 10.2. The third-order valence-electron chi connectivity index (χ3n) is 2.52. The highest BCUT2D eigenvalue weighted by Gasteiger charge is 2.09. The Balaban J connectivity index is 2.07. The normalized spacial score (nSPS) is 10.5. The monoisotopic (exact) mass is 359 g/mol. The Kier molecular flexibility index (Phi) is 4.85. The van der Waals surface area contributed by atoms with E-state index in [4.69, 9.17) is 0 Å². The summed E-state index contributed by atoms with van der Waals surface area (Å²) >= 11 is 3.01. The maximum Gasteiger partial charge on any atom is 0.387 e. The van der Waals surface area contributed by atoms with Crippen LogP contribution >= 0.6 is 15.9 Å². The van der Waals surface area contributed by atoms with Crippen LogP contribution in [0.3, 0.4) is 0 Å². The summed E-state index contributed by atoms with van der Waals surface area (Å²) in [6.45, 7) is -2.92. The van der Waals surface area contributed by atoms with Crippen molar-refractivity contribution in [3.05, 3.63) is 58.3 Å². The third-order valence-corrected chi connectivity index (χ3v) is 3.16. The van der Waals surface area contributed by atoms with Gasteiger partial charge in [0.25, 0.3) is 5.91 Å². The Hall–Kier alpha value is -2.02. The van der Waals surface area contributed by atoms with E-state index in [0.29, 0.717) is 0 Å². The SMILES string of the molecule is O=C(Nc1ccc(Br)c(F)c1)c1ccc(OC(F)F)cc1. The summed E-state index contributed by atoms with van der Waals surface area (Å²) in [5.74, 6) is -1.04. The van der Waals surface area contributed by atoms with Gasteiger partial charge in [0.2, 0.25) is 0 Å². The molecule has 0 saturated carbocycles. The lowest BCUT2D eigenvalue weighted by Crippen LogP contribution is -2.12. The van der Waals surface area contributed by atoms with Crippen molar-refractivity contribution in [3.8, 4) is 5.75 Å². The number of nitrogens with one attached hydrogen (secondary N) is 1. The molecule has 0 fully saturated rings. The molecular weight excluding hydrogens is 351 g/mol. The molecule has 0 aliphatic rings. The molecule has 1 N–H and O–H groups in total. The molecule has 0 aliphatic carbocycles. The van der Waals surface area contributed by atoms with E-state index in [2.05, 4.69) is 26.0 Å². The Morgan fingerprint density at radius 1 is 1.14 bits per heavy atom. The maximum atomic E-state index is 13.3. The highest BCUT2D eigenvalue weighted by Crippen LogP contribution is 2.20. The number of rotatable bonds is 4. The van der Waals surface area contributed by atoms with Gasteiger partial charge in [-0.25, -0.2) is 4.39 Å². The third kappa shape index (κ3) is 4.22. The zero-order valence-electron chi connectivity index (χ0n) is 10.4. The molecule has 0 aliphatic heterocycles. The minimum atomic E-state index is -2.92. The van der Waals surface area contributed by atoms with Crippen LogP contribution in [0.4, 0.5) is 18.9 Å². The summed E-state index contributed by atoms with van der Waals surface area (Å²) in [7, 11) is 0. The molecule has 21 heavy (non-hydrogen) atoms. The molecule has 0 spiro atoms. The van der Waals surface area contributed by atoms with Crippen molar-refractivity contribution >= 4 is 27.5 Å². The van der Waals surface area contributed by atoms with Gasteiger partial charge in [-0.3, -0.25) is 4.79 Å². The average Bonchev–Trinajstić information content (AvgIpc) is 2.43. The van der Waals surface area contributed by atoms with Crippen LogP contribution < -0.4 is 10.1 Å². The zero-order valence-corrected chi connectivity index (χ0v) is 12.0. The predicted molar refractivity (Wildman–Crippen MR) is 75.1 cm³/mol. The number of carbonyl (C=O) groups is 1. The van der Waals surface area contributed by atoms with Crippen molar-refractivity contribution in [3.63, 3.8) is 0 Å².